The molecule has 354 valence electrons. The first kappa shape index (κ1) is 44.8. The van der Waals surface area contributed by atoms with Gasteiger partial charge < -0.3 is 0 Å². The minimum atomic E-state index is 1.23. The van der Waals surface area contributed by atoms with E-state index in [4.69, 9.17) is 0 Å². The summed E-state index contributed by atoms with van der Waals surface area (Å²) in [6.45, 7) is 0. The van der Waals surface area contributed by atoms with Crippen molar-refractivity contribution in [2.24, 2.45) is 0 Å². The van der Waals surface area contributed by atoms with Crippen LogP contribution in [-0.4, -0.2) is 0 Å². The van der Waals surface area contributed by atoms with Gasteiger partial charge >= 0.3 is 0 Å². The van der Waals surface area contributed by atoms with Crippen molar-refractivity contribution in [2.45, 2.75) is 0 Å². The monoisotopic (exact) mass is 962 g/mol. The van der Waals surface area contributed by atoms with Crippen molar-refractivity contribution in [3.63, 3.8) is 0 Å². The Hall–Kier alpha value is -9.88. The van der Waals surface area contributed by atoms with Crippen LogP contribution in [0.3, 0.4) is 0 Å². The summed E-state index contributed by atoms with van der Waals surface area (Å²) in [5, 5.41) is 17.9. The number of rotatable bonds is 6. The summed E-state index contributed by atoms with van der Waals surface area (Å²) in [6, 6.07) is 110. The molecule has 0 amide bonds. The van der Waals surface area contributed by atoms with E-state index in [1.54, 1.807) is 0 Å². The Morgan fingerprint density at radius 2 is 0.434 bits per heavy atom. The summed E-state index contributed by atoms with van der Waals surface area (Å²) in [5.74, 6) is 0. The van der Waals surface area contributed by atoms with Crippen LogP contribution >= 0.6 is 0 Å². The van der Waals surface area contributed by atoms with Crippen LogP contribution in [0.15, 0.2) is 303 Å². The molecule has 0 aliphatic carbocycles. The summed E-state index contributed by atoms with van der Waals surface area (Å²) in [4.78, 5) is 0. The van der Waals surface area contributed by atoms with Crippen LogP contribution in [0.25, 0.3) is 142 Å². The molecule has 0 fully saturated rings. The van der Waals surface area contributed by atoms with Crippen molar-refractivity contribution in [2.75, 3.05) is 0 Å². The smallest absolute Gasteiger partial charge is 0.00201 e. The van der Waals surface area contributed by atoms with Gasteiger partial charge in [-0.1, -0.05) is 297 Å². The molecule has 0 bridgehead atoms. The zero-order chi connectivity index (χ0) is 50.4. The number of benzene rings is 15. The first-order valence-electron chi connectivity index (χ1n) is 26.3. The Bertz CT molecular complexity index is 4540. The molecule has 0 radical (unpaired) electrons. The van der Waals surface area contributed by atoms with Gasteiger partial charge in [-0.15, -0.1) is 0 Å². The highest BCUT2D eigenvalue weighted by atomic mass is 14.2. The largest absolute Gasteiger partial charge is 0.0622 e. The second-order valence-electron chi connectivity index (χ2n) is 19.8. The topological polar surface area (TPSA) is 0 Å². The highest BCUT2D eigenvalue weighted by molar-refractivity contribution is 6.24. The van der Waals surface area contributed by atoms with Gasteiger partial charge in [0.2, 0.25) is 0 Å². The molecule has 0 aliphatic heterocycles. The second-order valence-corrected chi connectivity index (χ2v) is 19.8. The van der Waals surface area contributed by atoms with Crippen LogP contribution in [0.5, 0.6) is 0 Å². The highest BCUT2D eigenvalue weighted by Crippen LogP contribution is 2.47. The molecule has 0 nitrogen and oxygen atoms in total. The van der Waals surface area contributed by atoms with E-state index in [1.165, 1.54) is 142 Å². The van der Waals surface area contributed by atoms with Gasteiger partial charge in [-0.3, -0.25) is 0 Å². The first-order valence-corrected chi connectivity index (χ1v) is 26.3. The predicted molar refractivity (Wildman–Crippen MR) is 328 cm³/mol. The molecule has 15 aromatic carbocycles. The minimum Gasteiger partial charge on any atom is -0.0622 e. The standard InChI is InChI=1S/C40H26.C36H24/c1-2-12-31-26-32(25-22-27(31)10-1)28-20-23-30(24-21-28)39-35-15-5-7-17-37(35)40(38-18-8-6-16-36(38)39)34-19-9-13-29-11-3-4-14-33(29)34;1-2-12-27(13-3-1)35-31-16-6-8-18-33(31)36(34-19-9-7-17-32(34)35)28-23-21-26(22-24-28)30-20-10-14-25-11-4-5-15-29(25)30/h1-26H;1-24H. The summed E-state index contributed by atoms with van der Waals surface area (Å²) >= 11 is 0. The average molecular weight is 963 g/mol. The van der Waals surface area contributed by atoms with Crippen LogP contribution < -0.4 is 0 Å². The van der Waals surface area contributed by atoms with Gasteiger partial charge in [-0.25, -0.2) is 0 Å². The molecule has 0 atom stereocenters. The van der Waals surface area contributed by atoms with Crippen LogP contribution in [0, 0.1) is 0 Å². The highest BCUT2D eigenvalue weighted by Gasteiger charge is 2.19. The second kappa shape index (κ2) is 19.2. The average Bonchev–Trinajstić information content (AvgIpc) is 3.51. The Balaban J connectivity index is 0.000000140. The lowest BCUT2D eigenvalue weighted by atomic mass is 9.84. The van der Waals surface area contributed by atoms with Gasteiger partial charge in [-0.05, 0) is 148 Å². The molecule has 0 heteroatoms. The van der Waals surface area contributed by atoms with Crippen molar-refractivity contribution >= 4 is 75.4 Å². The van der Waals surface area contributed by atoms with E-state index in [2.05, 4.69) is 303 Å². The predicted octanol–water partition coefficient (Wildman–Crippen LogP) is 21.4. The quantitative estimate of drug-likeness (QED) is 0.146. The van der Waals surface area contributed by atoms with E-state index in [9.17, 15) is 0 Å². The number of hydrogen-bond donors (Lipinski definition) is 0. The lowest BCUT2D eigenvalue weighted by Crippen LogP contribution is -1.91. The maximum absolute atomic E-state index is 2.29. The van der Waals surface area contributed by atoms with Crippen molar-refractivity contribution in [3.8, 4) is 66.8 Å². The molecular weight excluding hydrogens is 913 g/mol. The molecule has 0 heterocycles. The zero-order valence-electron chi connectivity index (χ0n) is 41.9. The Labute approximate surface area is 443 Å². The van der Waals surface area contributed by atoms with E-state index >= 15 is 0 Å². The molecule has 0 saturated heterocycles. The van der Waals surface area contributed by atoms with Gasteiger partial charge in [0.05, 0.1) is 0 Å². The third kappa shape index (κ3) is 7.87. The Morgan fingerprint density at radius 3 is 0.908 bits per heavy atom. The third-order valence-corrected chi connectivity index (χ3v) is 15.5. The van der Waals surface area contributed by atoms with E-state index in [0.717, 1.165) is 0 Å². The number of fused-ring (bicyclic) bond motifs is 7. The van der Waals surface area contributed by atoms with Gasteiger partial charge in [0.1, 0.15) is 0 Å². The van der Waals surface area contributed by atoms with Crippen LogP contribution in [0.4, 0.5) is 0 Å². The minimum absolute atomic E-state index is 1.23. The van der Waals surface area contributed by atoms with Crippen molar-refractivity contribution in [1.82, 2.24) is 0 Å². The zero-order valence-corrected chi connectivity index (χ0v) is 41.9. The summed E-state index contributed by atoms with van der Waals surface area (Å²) in [7, 11) is 0. The summed E-state index contributed by atoms with van der Waals surface area (Å²) < 4.78 is 0. The van der Waals surface area contributed by atoms with Crippen LogP contribution in [0.1, 0.15) is 0 Å². The van der Waals surface area contributed by atoms with Gasteiger partial charge in [0.25, 0.3) is 0 Å². The fourth-order valence-electron chi connectivity index (χ4n) is 12.0. The SMILES string of the molecule is c1ccc(-c2c3ccccc3c(-c3ccc(-c4cccc5ccccc45)cc3)c3ccccc23)cc1.c1ccc2cc(-c3ccc(-c4c5ccccc5c(-c5cccc6ccccc56)c5ccccc45)cc3)ccc2c1. The van der Waals surface area contributed by atoms with Crippen molar-refractivity contribution < 1.29 is 0 Å². The fourth-order valence-corrected chi connectivity index (χ4v) is 12.0. The van der Waals surface area contributed by atoms with Gasteiger partial charge in [0.15, 0.2) is 0 Å². The molecule has 0 aromatic heterocycles. The Morgan fingerprint density at radius 1 is 0.132 bits per heavy atom. The van der Waals surface area contributed by atoms with Crippen molar-refractivity contribution in [3.05, 3.63) is 303 Å². The Kier molecular flexibility index (Phi) is 11.3. The fraction of sp³-hybridized carbons (Fsp3) is 0. The first-order chi connectivity index (χ1) is 37.7. The lowest BCUT2D eigenvalue weighted by Gasteiger charge is -2.19. The normalized spacial score (nSPS) is 11.4. The van der Waals surface area contributed by atoms with E-state index < -0.39 is 0 Å². The third-order valence-electron chi connectivity index (χ3n) is 15.5. The molecule has 0 aliphatic rings. The molecule has 0 unspecified atom stereocenters. The summed E-state index contributed by atoms with van der Waals surface area (Å²) in [6.07, 6.45) is 0. The van der Waals surface area contributed by atoms with Gasteiger partial charge in [0, 0.05) is 0 Å². The van der Waals surface area contributed by atoms with Crippen LogP contribution in [-0.2, 0) is 0 Å². The van der Waals surface area contributed by atoms with E-state index in [-0.39, 0.29) is 0 Å². The molecular formula is C76H50. The lowest BCUT2D eigenvalue weighted by molar-refractivity contribution is 1.63. The maximum Gasteiger partial charge on any atom is -0.00201 e. The van der Waals surface area contributed by atoms with E-state index in [0.29, 0.717) is 0 Å². The number of hydrogen-bond acceptors (Lipinski definition) is 0. The molecule has 0 saturated carbocycles. The van der Waals surface area contributed by atoms with Crippen LogP contribution in [0.2, 0.25) is 0 Å². The van der Waals surface area contributed by atoms with E-state index in [1.807, 2.05) is 0 Å². The maximum atomic E-state index is 2.29. The molecule has 76 heavy (non-hydrogen) atoms. The molecule has 0 spiro atoms. The molecule has 15 rings (SSSR count). The molecule has 15 aromatic rings. The van der Waals surface area contributed by atoms with Gasteiger partial charge in [-0.2, -0.15) is 0 Å². The van der Waals surface area contributed by atoms with Crippen molar-refractivity contribution in [1.29, 1.82) is 0 Å². The molecule has 0 N–H and O–H groups in total. The summed E-state index contributed by atoms with van der Waals surface area (Å²) in [5.41, 5.74) is 15.2.